The minimum Gasteiger partial charge on any atom is -0.493 e. The monoisotopic (exact) mass is 316 g/mol. The fraction of sp³-hybridized carbons (Fsp3) is 0.412. The molecule has 1 aliphatic rings. The first-order valence-corrected chi connectivity index (χ1v) is 7.67. The van der Waals surface area contributed by atoms with Crippen molar-refractivity contribution in [3.63, 3.8) is 0 Å². The minimum atomic E-state index is 0.104. The Bertz CT molecular complexity index is 692. The average Bonchev–Trinajstić information content (AvgIpc) is 2.99. The van der Waals surface area contributed by atoms with E-state index >= 15 is 0 Å². The molecule has 1 heterocycles. The van der Waals surface area contributed by atoms with Crippen LogP contribution in [0.1, 0.15) is 25.0 Å². The van der Waals surface area contributed by atoms with Gasteiger partial charge in [0.25, 0.3) is 0 Å². The van der Waals surface area contributed by atoms with Gasteiger partial charge >= 0.3 is 0 Å². The summed E-state index contributed by atoms with van der Waals surface area (Å²) in [6.07, 6.45) is 3.12. The maximum atomic E-state index is 11.8. The average molecular weight is 316 g/mol. The van der Waals surface area contributed by atoms with E-state index in [1.54, 1.807) is 14.2 Å². The number of methoxy groups -OCH3 is 2. The van der Waals surface area contributed by atoms with Crippen molar-refractivity contribution in [2.24, 2.45) is 5.92 Å². The molecule has 0 radical (unpaired) electrons. The molecular weight excluding hydrogens is 296 g/mol. The molecule has 0 atom stereocenters. The fourth-order valence-electron chi connectivity index (χ4n) is 2.51. The van der Waals surface area contributed by atoms with Crippen LogP contribution in [-0.4, -0.2) is 25.3 Å². The molecule has 0 bridgehead atoms. The van der Waals surface area contributed by atoms with E-state index in [0.29, 0.717) is 29.5 Å². The second-order valence-electron chi connectivity index (χ2n) is 5.60. The van der Waals surface area contributed by atoms with Gasteiger partial charge in [0, 0.05) is 17.5 Å². The lowest BCUT2D eigenvalue weighted by Crippen LogP contribution is -2.34. The summed E-state index contributed by atoms with van der Waals surface area (Å²) in [5.74, 6) is 2.18. The minimum absolute atomic E-state index is 0.104. The number of carbonyl (C=O) groups is 1. The lowest BCUT2D eigenvalue weighted by Gasteiger charge is -2.23. The lowest BCUT2D eigenvalue weighted by molar-refractivity contribution is -0.127. The van der Waals surface area contributed by atoms with Crippen LogP contribution in [0.2, 0.25) is 0 Å². The van der Waals surface area contributed by atoms with Crippen molar-refractivity contribution >= 4 is 5.91 Å². The zero-order chi connectivity index (χ0) is 16.2. The van der Waals surface area contributed by atoms with Gasteiger partial charge in [-0.2, -0.15) is 0 Å². The number of nitrogens with one attached hydrogen (secondary N) is 1. The summed E-state index contributed by atoms with van der Waals surface area (Å²) in [5.41, 5.74) is 1.54. The van der Waals surface area contributed by atoms with Crippen molar-refractivity contribution in [1.29, 1.82) is 0 Å². The highest BCUT2D eigenvalue weighted by molar-refractivity contribution is 5.79. The fourth-order valence-corrected chi connectivity index (χ4v) is 2.51. The lowest BCUT2D eigenvalue weighted by atomic mass is 9.85. The molecule has 1 aromatic carbocycles. The molecule has 1 aliphatic carbocycles. The van der Waals surface area contributed by atoms with Crippen LogP contribution in [0.25, 0.3) is 11.3 Å². The van der Waals surface area contributed by atoms with Crippen LogP contribution in [0.15, 0.2) is 28.8 Å². The third-order valence-corrected chi connectivity index (χ3v) is 4.15. The van der Waals surface area contributed by atoms with Gasteiger partial charge in [0.15, 0.2) is 17.3 Å². The number of nitrogens with zero attached hydrogens (tertiary/aromatic N) is 1. The molecule has 2 aromatic rings. The van der Waals surface area contributed by atoms with Gasteiger partial charge in [-0.1, -0.05) is 11.6 Å². The summed E-state index contributed by atoms with van der Waals surface area (Å²) in [7, 11) is 3.18. The second kappa shape index (κ2) is 6.73. The third-order valence-electron chi connectivity index (χ3n) is 4.15. The molecule has 3 rings (SSSR count). The highest BCUT2D eigenvalue weighted by atomic mass is 16.5. The summed E-state index contributed by atoms with van der Waals surface area (Å²) < 4.78 is 15.9. The van der Waals surface area contributed by atoms with Crippen LogP contribution in [0, 0.1) is 5.92 Å². The summed E-state index contributed by atoms with van der Waals surface area (Å²) in [4.78, 5) is 11.8. The zero-order valence-electron chi connectivity index (χ0n) is 13.3. The largest absolute Gasteiger partial charge is 0.493 e. The van der Waals surface area contributed by atoms with Gasteiger partial charge in [0.2, 0.25) is 5.91 Å². The highest BCUT2D eigenvalue weighted by Crippen LogP contribution is 2.32. The molecule has 0 saturated heterocycles. The normalized spacial score (nSPS) is 14.2. The Hall–Kier alpha value is -2.50. The van der Waals surface area contributed by atoms with Crippen LogP contribution >= 0.6 is 0 Å². The standard InChI is InChI=1S/C17H20N2O4/c1-21-14-7-6-12(8-16(14)22-2)15-9-13(19-23-15)10-18-17(20)11-4-3-5-11/h6-9,11H,3-5,10H2,1-2H3,(H,18,20). The molecule has 1 fully saturated rings. The van der Waals surface area contributed by atoms with Crippen molar-refractivity contribution in [2.75, 3.05) is 14.2 Å². The Kier molecular flexibility index (Phi) is 4.50. The first-order valence-electron chi connectivity index (χ1n) is 7.67. The molecule has 0 spiro atoms. The van der Waals surface area contributed by atoms with Gasteiger partial charge in [0.05, 0.1) is 20.8 Å². The Morgan fingerprint density at radius 3 is 2.70 bits per heavy atom. The molecule has 6 nitrogen and oxygen atoms in total. The van der Waals surface area contributed by atoms with Crippen molar-refractivity contribution < 1.29 is 18.8 Å². The first kappa shape index (κ1) is 15.4. The van der Waals surface area contributed by atoms with Crippen LogP contribution in [-0.2, 0) is 11.3 Å². The van der Waals surface area contributed by atoms with Crippen LogP contribution < -0.4 is 14.8 Å². The first-order chi connectivity index (χ1) is 11.2. The Morgan fingerprint density at radius 1 is 1.26 bits per heavy atom. The molecule has 122 valence electrons. The number of aromatic nitrogens is 1. The summed E-state index contributed by atoms with van der Waals surface area (Å²) in [5, 5.41) is 6.90. The molecule has 6 heteroatoms. The van der Waals surface area contributed by atoms with Crippen molar-refractivity contribution in [2.45, 2.75) is 25.8 Å². The Labute approximate surface area is 134 Å². The van der Waals surface area contributed by atoms with E-state index in [1.165, 1.54) is 0 Å². The summed E-state index contributed by atoms with van der Waals surface area (Å²) in [6.45, 7) is 0.381. The number of carbonyl (C=O) groups excluding carboxylic acids is 1. The third kappa shape index (κ3) is 3.31. The van der Waals surface area contributed by atoms with E-state index in [1.807, 2.05) is 24.3 Å². The molecule has 0 unspecified atom stereocenters. The maximum Gasteiger partial charge on any atom is 0.223 e. The van der Waals surface area contributed by atoms with E-state index in [9.17, 15) is 4.79 Å². The van der Waals surface area contributed by atoms with Gasteiger partial charge in [-0.05, 0) is 31.0 Å². The number of ether oxygens (including phenoxy) is 2. The van der Waals surface area contributed by atoms with Crippen LogP contribution in [0.5, 0.6) is 11.5 Å². The van der Waals surface area contributed by atoms with E-state index < -0.39 is 0 Å². The number of hydrogen-bond donors (Lipinski definition) is 1. The molecule has 0 aliphatic heterocycles. The summed E-state index contributed by atoms with van der Waals surface area (Å²) in [6, 6.07) is 7.34. The predicted molar refractivity (Wildman–Crippen MR) is 84.2 cm³/mol. The van der Waals surface area contributed by atoms with Gasteiger partial charge in [-0.25, -0.2) is 0 Å². The highest BCUT2D eigenvalue weighted by Gasteiger charge is 2.25. The van der Waals surface area contributed by atoms with Crippen LogP contribution in [0.4, 0.5) is 0 Å². The number of amides is 1. The van der Waals surface area contributed by atoms with Gasteiger partial charge in [0.1, 0.15) is 5.69 Å². The summed E-state index contributed by atoms with van der Waals surface area (Å²) >= 11 is 0. The molecule has 1 N–H and O–H groups in total. The number of rotatable bonds is 6. The molecular formula is C17H20N2O4. The number of hydrogen-bond acceptors (Lipinski definition) is 5. The van der Waals surface area contributed by atoms with Crippen molar-refractivity contribution in [1.82, 2.24) is 10.5 Å². The Balaban J connectivity index is 1.67. The predicted octanol–water partition coefficient (Wildman–Crippen LogP) is 2.78. The molecule has 23 heavy (non-hydrogen) atoms. The maximum absolute atomic E-state index is 11.8. The number of benzene rings is 1. The van der Waals surface area contributed by atoms with Gasteiger partial charge in [-0.3, -0.25) is 4.79 Å². The van der Waals surface area contributed by atoms with E-state index in [0.717, 1.165) is 24.8 Å². The SMILES string of the molecule is COc1ccc(-c2cc(CNC(=O)C3CCC3)no2)cc1OC. The second-order valence-corrected chi connectivity index (χ2v) is 5.60. The quantitative estimate of drug-likeness (QED) is 0.887. The zero-order valence-corrected chi connectivity index (χ0v) is 13.3. The van der Waals surface area contributed by atoms with E-state index in [2.05, 4.69) is 10.5 Å². The Morgan fingerprint density at radius 2 is 2.04 bits per heavy atom. The topological polar surface area (TPSA) is 73.6 Å². The van der Waals surface area contributed by atoms with Gasteiger partial charge < -0.3 is 19.3 Å². The van der Waals surface area contributed by atoms with Crippen molar-refractivity contribution in [3.05, 3.63) is 30.0 Å². The molecule has 1 aromatic heterocycles. The molecule has 1 amide bonds. The van der Waals surface area contributed by atoms with E-state index in [-0.39, 0.29) is 11.8 Å². The van der Waals surface area contributed by atoms with Crippen molar-refractivity contribution in [3.8, 4) is 22.8 Å². The van der Waals surface area contributed by atoms with E-state index in [4.69, 9.17) is 14.0 Å². The van der Waals surface area contributed by atoms with Crippen LogP contribution in [0.3, 0.4) is 0 Å². The van der Waals surface area contributed by atoms with Gasteiger partial charge in [-0.15, -0.1) is 0 Å². The smallest absolute Gasteiger partial charge is 0.223 e. The molecule has 1 saturated carbocycles.